The van der Waals surface area contributed by atoms with E-state index in [9.17, 15) is 4.79 Å². The van der Waals surface area contributed by atoms with Gasteiger partial charge in [-0.2, -0.15) is 5.10 Å². The zero-order valence-corrected chi connectivity index (χ0v) is 12.3. The molecule has 0 saturated heterocycles. The van der Waals surface area contributed by atoms with Crippen LogP contribution in [0.5, 0.6) is 0 Å². The summed E-state index contributed by atoms with van der Waals surface area (Å²) >= 11 is 6.03. The third-order valence-corrected chi connectivity index (χ3v) is 3.29. The molecule has 0 spiro atoms. The van der Waals surface area contributed by atoms with E-state index in [2.05, 4.69) is 5.10 Å². The van der Waals surface area contributed by atoms with E-state index >= 15 is 0 Å². The van der Waals surface area contributed by atoms with Crippen LogP contribution in [0.25, 0.3) is 0 Å². The minimum Gasteiger partial charge on any atom is -0.327 e. The van der Waals surface area contributed by atoms with Gasteiger partial charge in [-0.05, 0) is 11.8 Å². The minimum absolute atomic E-state index is 0.0339. The maximum atomic E-state index is 12.3. The average Bonchev–Trinajstić information content (AvgIpc) is 2.59. The van der Waals surface area contributed by atoms with E-state index in [4.69, 9.17) is 17.3 Å². The molecule has 0 amide bonds. The molecular formula is C13H22ClN3O. The number of nitrogens with two attached hydrogens (primary N) is 1. The van der Waals surface area contributed by atoms with Gasteiger partial charge in [-0.3, -0.25) is 9.48 Å². The number of Topliss-reactive ketones (excluding diaryl/α,β-unsaturated/α-hetero) is 1. The van der Waals surface area contributed by atoms with Crippen molar-refractivity contribution in [1.29, 1.82) is 0 Å². The predicted molar refractivity (Wildman–Crippen MR) is 73.9 cm³/mol. The zero-order valence-electron chi connectivity index (χ0n) is 11.5. The minimum atomic E-state index is -0.189. The van der Waals surface area contributed by atoms with Crippen LogP contribution >= 0.6 is 11.6 Å². The van der Waals surface area contributed by atoms with Gasteiger partial charge in [0.1, 0.15) is 5.69 Å². The molecule has 4 nitrogen and oxygen atoms in total. The lowest BCUT2D eigenvalue weighted by Crippen LogP contribution is -2.37. The van der Waals surface area contributed by atoms with Gasteiger partial charge in [0.05, 0.1) is 11.2 Å². The van der Waals surface area contributed by atoms with Crippen LogP contribution in [-0.2, 0) is 6.54 Å². The summed E-state index contributed by atoms with van der Waals surface area (Å²) in [5, 5.41) is 4.53. The summed E-state index contributed by atoms with van der Waals surface area (Å²) < 4.78 is 1.67. The van der Waals surface area contributed by atoms with Crippen molar-refractivity contribution < 1.29 is 4.79 Å². The number of rotatable bonds is 5. The van der Waals surface area contributed by atoms with Crippen LogP contribution < -0.4 is 5.73 Å². The molecule has 0 radical (unpaired) electrons. The maximum absolute atomic E-state index is 12.3. The number of ketones is 1. The van der Waals surface area contributed by atoms with Crippen LogP contribution in [0.15, 0.2) is 6.20 Å². The number of hydrogen-bond acceptors (Lipinski definition) is 3. The van der Waals surface area contributed by atoms with Gasteiger partial charge < -0.3 is 5.73 Å². The molecule has 0 aromatic carbocycles. The Morgan fingerprint density at radius 2 is 2.17 bits per heavy atom. The first-order valence-corrected chi connectivity index (χ1v) is 6.65. The van der Waals surface area contributed by atoms with Gasteiger partial charge in [-0.15, -0.1) is 0 Å². The molecule has 0 aliphatic carbocycles. The molecule has 102 valence electrons. The van der Waals surface area contributed by atoms with Crippen LogP contribution in [0.3, 0.4) is 0 Å². The van der Waals surface area contributed by atoms with Gasteiger partial charge >= 0.3 is 0 Å². The Morgan fingerprint density at radius 3 is 2.67 bits per heavy atom. The Hall–Kier alpha value is -0.870. The molecule has 1 rings (SSSR count). The summed E-state index contributed by atoms with van der Waals surface area (Å²) in [6, 6.07) is -0.189. The maximum Gasteiger partial charge on any atom is 0.183 e. The summed E-state index contributed by atoms with van der Waals surface area (Å²) in [5.41, 5.74) is 6.42. The second-order valence-corrected chi connectivity index (χ2v) is 6.07. The SMILES string of the molecule is CCCn1ncc(Cl)c1C(=O)CC(N)C(C)(C)C. The fraction of sp³-hybridized carbons (Fsp3) is 0.692. The lowest BCUT2D eigenvalue weighted by Gasteiger charge is -2.26. The van der Waals surface area contributed by atoms with E-state index in [1.165, 1.54) is 6.20 Å². The standard InChI is InChI=1S/C13H22ClN3O/c1-5-6-17-12(9(14)8-16-17)10(18)7-11(15)13(2,3)4/h8,11H,5-7,15H2,1-4H3. The van der Waals surface area contributed by atoms with Crippen molar-refractivity contribution in [2.24, 2.45) is 11.1 Å². The molecule has 0 aliphatic heterocycles. The predicted octanol–water partition coefficient (Wildman–Crippen LogP) is 2.89. The molecule has 1 aromatic rings. The zero-order chi connectivity index (χ0) is 13.9. The first kappa shape index (κ1) is 15.2. The van der Waals surface area contributed by atoms with Crippen LogP contribution in [0.4, 0.5) is 0 Å². The van der Waals surface area contributed by atoms with E-state index in [1.807, 2.05) is 27.7 Å². The average molecular weight is 272 g/mol. The third kappa shape index (κ3) is 3.56. The number of carbonyl (C=O) groups excluding carboxylic acids is 1. The fourth-order valence-electron chi connectivity index (χ4n) is 1.62. The summed E-state index contributed by atoms with van der Waals surface area (Å²) in [7, 11) is 0. The summed E-state index contributed by atoms with van der Waals surface area (Å²) in [5.74, 6) is -0.0339. The molecule has 0 bridgehead atoms. The van der Waals surface area contributed by atoms with E-state index in [0.717, 1.165) is 6.42 Å². The molecule has 1 heterocycles. The monoisotopic (exact) mass is 271 g/mol. The number of aromatic nitrogens is 2. The molecule has 1 unspecified atom stereocenters. The van der Waals surface area contributed by atoms with Gasteiger partial charge in [0, 0.05) is 19.0 Å². The fourth-order valence-corrected chi connectivity index (χ4v) is 1.87. The number of carbonyl (C=O) groups is 1. The Balaban J connectivity index is 2.87. The van der Waals surface area contributed by atoms with Crippen molar-refractivity contribution in [3.63, 3.8) is 0 Å². The van der Waals surface area contributed by atoms with Gasteiger partial charge in [0.25, 0.3) is 0 Å². The third-order valence-electron chi connectivity index (χ3n) is 3.01. The van der Waals surface area contributed by atoms with Crippen molar-refractivity contribution in [2.45, 2.75) is 53.1 Å². The Morgan fingerprint density at radius 1 is 1.56 bits per heavy atom. The van der Waals surface area contributed by atoms with Gasteiger partial charge in [-0.1, -0.05) is 39.3 Å². The van der Waals surface area contributed by atoms with Crippen molar-refractivity contribution in [2.75, 3.05) is 0 Å². The first-order chi connectivity index (χ1) is 8.27. The lowest BCUT2D eigenvalue weighted by molar-refractivity contribution is 0.0942. The van der Waals surface area contributed by atoms with Crippen LogP contribution in [0.2, 0.25) is 5.02 Å². The molecule has 0 saturated carbocycles. The molecule has 18 heavy (non-hydrogen) atoms. The van der Waals surface area contributed by atoms with Crippen LogP contribution in [-0.4, -0.2) is 21.6 Å². The normalized spacial score (nSPS) is 13.7. The van der Waals surface area contributed by atoms with Gasteiger partial charge in [0.2, 0.25) is 0 Å². The number of halogens is 1. The van der Waals surface area contributed by atoms with Crippen molar-refractivity contribution in [3.05, 3.63) is 16.9 Å². The van der Waals surface area contributed by atoms with E-state index in [-0.39, 0.29) is 17.2 Å². The molecule has 1 aromatic heterocycles. The summed E-state index contributed by atoms with van der Waals surface area (Å²) in [4.78, 5) is 12.3. The quantitative estimate of drug-likeness (QED) is 0.838. The molecular weight excluding hydrogens is 250 g/mol. The lowest BCUT2D eigenvalue weighted by atomic mass is 9.84. The number of hydrogen-bond donors (Lipinski definition) is 1. The smallest absolute Gasteiger partial charge is 0.183 e. The van der Waals surface area contributed by atoms with Crippen molar-refractivity contribution in [3.8, 4) is 0 Å². The largest absolute Gasteiger partial charge is 0.327 e. The summed E-state index contributed by atoms with van der Waals surface area (Å²) in [6.07, 6.45) is 2.72. The molecule has 2 N–H and O–H groups in total. The Labute approximate surface area is 113 Å². The second kappa shape index (κ2) is 5.85. The van der Waals surface area contributed by atoms with Gasteiger partial charge in [-0.25, -0.2) is 0 Å². The van der Waals surface area contributed by atoms with Crippen molar-refractivity contribution >= 4 is 17.4 Å². The Bertz CT molecular complexity index is 420. The van der Waals surface area contributed by atoms with Crippen LogP contribution in [0, 0.1) is 5.41 Å². The van der Waals surface area contributed by atoms with E-state index in [1.54, 1.807) is 4.68 Å². The summed E-state index contributed by atoms with van der Waals surface area (Å²) in [6.45, 7) is 8.80. The van der Waals surface area contributed by atoms with Crippen molar-refractivity contribution in [1.82, 2.24) is 9.78 Å². The van der Waals surface area contributed by atoms with E-state index < -0.39 is 0 Å². The molecule has 0 fully saturated rings. The molecule has 0 aliphatic rings. The highest BCUT2D eigenvalue weighted by atomic mass is 35.5. The highest BCUT2D eigenvalue weighted by Gasteiger charge is 2.26. The number of aryl methyl sites for hydroxylation is 1. The highest BCUT2D eigenvalue weighted by Crippen LogP contribution is 2.23. The van der Waals surface area contributed by atoms with Gasteiger partial charge in [0.15, 0.2) is 5.78 Å². The second-order valence-electron chi connectivity index (χ2n) is 5.66. The van der Waals surface area contributed by atoms with E-state index in [0.29, 0.717) is 23.7 Å². The first-order valence-electron chi connectivity index (χ1n) is 6.27. The highest BCUT2D eigenvalue weighted by molar-refractivity contribution is 6.33. The number of nitrogens with zero attached hydrogens (tertiary/aromatic N) is 2. The molecule has 1 atom stereocenters. The Kier molecular flexibility index (Phi) is 4.93. The molecule has 5 heteroatoms. The van der Waals surface area contributed by atoms with Crippen LogP contribution in [0.1, 0.15) is 51.0 Å². The topological polar surface area (TPSA) is 60.9 Å².